The molecule has 1 aromatic carbocycles. The van der Waals surface area contributed by atoms with Gasteiger partial charge in [0.15, 0.2) is 0 Å². The molecule has 0 aliphatic heterocycles. The molecule has 0 spiro atoms. The molecule has 0 bridgehead atoms. The standard InChI is InChI=1S/C11H11FN2O2/c12-10-2-1-8(6-13)9(5-10)7-14-4-3-11(15)16/h1-2,5,14H,3-4,7H2,(H,15,16). The number of carbonyl (C=O) groups is 1. The second-order valence-electron chi connectivity index (χ2n) is 3.23. The summed E-state index contributed by atoms with van der Waals surface area (Å²) in [6.45, 7) is 0.574. The highest BCUT2D eigenvalue weighted by Gasteiger charge is 2.03. The number of carboxylic acids is 1. The number of hydrogen-bond acceptors (Lipinski definition) is 3. The number of hydrogen-bond donors (Lipinski definition) is 2. The number of rotatable bonds is 5. The number of nitrogens with one attached hydrogen (secondary N) is 1. The Morgan fingerprint density at radius 3 is 2.94 bits per heavy atom. The van der Waals surface area contributed by atoms with Gasteiger partial charge in [-0.1, -0.05) is 0 Å². The molecule has 0 fully saturated rings. The summed E-state index contributed by atoms with van der Waals surface area (Å²) in [7, 11) is 0. The zero-order valence-electron chi connectivity index (χ0n) is 8.53. The highest BCUT2D eigenvalue weighted by molar-refractivity contribution is 5.66. The first-order valence-corrected chi connectivity index (χ1v) is 4.74. The predicted molar refractivity (Wildman–Crippen MR) is 55.1 cm³/mol. The monoisotopic (exact) mass is 222 g/mol. The highest BCUT2D eigenvalue weighted by atomic mass is 19.1. The Labute approximate surface area is 92.3 Å². The third kappa shape index (κ3) is 3.67. The molecule has 1 aromatic rings. The fraction of sp³-hybridized carbons (Fsp3) is 0.273. The summed E-state index contributed by atoms with van der Waals surface area (Å²) >= 11 is 0. The molecule has 0 aliphatic carbocycles. The van der Waals surface area contributed by atoms with Gasteiger partial charge in [-0.25, -0.2) is 4.39 Å². The molecule has 0 unspecified atom stereocenters. The van der Waals surface area contributed by atoms with E-state index in [1.807, 2.05) is 6.07 Å². The summed E-state index contributed by atoms with van der Waals surface area (Å²) in [5.74, 6) is -1.30. The molecule has 84 valence electrons. The van der Waals surface area contributed by atoms with Gasteiger partial charge < -0.3 is 10.4 Å². The van der Waals surface area contributed by atoms with E-state index in [4.69, 9.17) is 10.4 Å². The number of halogens is 1. The van der Waals surface area contributed by atoms with E-state index in [1.54, 1.807) is 0 Å². The van der Waals surface area contributed by atoms with E-state index in [2.05, 4.69) is 5.32 Å². The van der Waals surface area contributed by atoms with Gasteiger partial charge in [-0.3, -0.25) is 4.79 Å². The molecular weight excluding hydrogens is 211 g/mol. The van der Waals surface area contributed by atoms with Crippen LogP contribution < -0.4 is 5.32 Å². The van der Waals surface area contributed by atoms with Gasteiger partial charge in [-0.15, -0.1) is 0 Å². The van der Waals surface area contributed by atoms with E-state index >= 15 is 0 Å². The van der Waals surface area contributed by atoms with Crippen LogP contribution in [0, 0.1) is 17.1 Å². The van der Waals surface area contributed by atoms with E-state index < -0.39 is 11.8 Å². The molecule has 5 heteroatoms. The van der Waals surface area contributed by atoms with Gasteiger partial charge in [0.25, 0.3) is 0 Å². The summed E-state index contributed by atoms with van der Waals surface area (Å²) < 4.78 is 12.9. The third-order valence-electron chi connectivity index (χ3n) is 2.02. The molecule has 0 saturated heterocycles. The maximum atomic E-state index is 12.9. The maximum Gasteiger partial charge on any atom is 0.304 e. The summed E-state index contributed by atoms with van der Waals surface area (Å²) in [5, 5.41) is 20.0. The van der Waals surface area contributed by atoms with Crippen LogP contribution in [0.2, 0.25) is 0 Å². The van der Waals surface area contributed by atoms with Crippen molar-refractivity contribution in [2.24, 2.45) is 0 Å². The lowest BCUT2D eigenvalue weighted by Gasteiger charge is -2.05. The third-order valence-corrected chi connectivity index (χ3v) is 2.02. The second-order valence-corrected chi connectivity index (χ2v) is 3.23. The van der Waals surface area contributed by atoms with Gasteiger partial charge in [0.2, 0.25) is 0 Å². The average Bonchev–Trinajstić information content (AvgIpc) is 2.24. The van der Waals surface area contributed by atoms with E-state index in [0.717, 1.165) is 0 Å². The van der Waals surface area contributed by atoms with Crippen LogP contribution >= 0.6 is 0 Å². The first-order valence-electron chi connectivity index (χ1n) is 4.74. The fourth-order valence-electron chi connectivity index (χ4n) is 1.24. The molecule has 2 N–H and O–H groups in total. The van der Waals surface area contributed by atoms with Crippen molar-refractivity contribution in [1.82, 2.24) is 5.32 Å². The minimum absolute atomic E-state index is 0.00278. The van der Waals surface area contributed by atoms with Crippen LogP contribution in [-0.4, -0.2) is 17.6 Å². The number of carboxylic acid groups (broad SMARTS) is 1. The van der Waals surface area contributed by atoms with Crippen molar-refractivity contribution in [3.05, 3.63) is 35.1 Å². The largest absolute Gasteiger partial charge is 0.481 e. The van der Waals surface area contributed by atoms with Crippen molar-refractivity contribution in [3.8, 4) is 6.07 Å². The normalized spacial score (nSPS) is 9.75. The SMILES string of the molecule is N#Cc1ccc(F)cc1CNCCC(=O)O. The van der Waals surface area contributed by atoms with Crippen molar-refractivity contribution in [1.29, 1.82) is 5.26 Å². The molecule has 0 radical (unpaired) electrons. The van der Waals surface area contributed by atoms with Crippen LogP contribution in [0.4, 0.5) is 4.39 Å². The van der Waals surface area contributed by atoms with Crippen LogP contribution in [0.15, 0.2) is 18.2 Å². The number of nitriles is 1. The van der Waals surface area contributed by atoms with Crippen molar-refractivity contribution >= 4 is 5.97 Å². The zero-order chi connectivity index (χ0) is 12.0. The van der Waals surface area contributed by atoms with Crippen LogP contribution in [0.1, 0.15) is 17.5 Å². The lowest BCUT2D eigenvalue weighted by Crippen LogP contribution is -2.18. The second kappa shape index (κ2) is 5.83. The quantitative estimate of drug-likeness (QED) is 0.735. The minimum atomic E-state index is -0.896. The fourth-order valence-corrected chi connectivity index (χ4v) is 1.24. The van der Waals surface area contributed by atoms with Crippen LogP contribution in [0.5, 0.6) is 0 Å². The van der Waals surface area contributed by atoms with Gasteiger partial charge >= 0.3 is 5.97 Å². The molecule has 1 rings (SSSR count). The lowest BCUT2D eigenvalue weighted by atomic mass is 10.1. The number of nitrogens with zero attached hydrogens (tertiary/aromatic N) is 1. The molecule has 16 heavy (non-hydrogen) atoms. The average molecular weight is 222 g/mol. The highest BCUT2D eigenvalue weighted by Crippen LogP contribution is 2.09. The molecule has 0 atom stereocenters. The number of benzene rings is 1. The van der Waals surface area contributed by atoms with Gasteiger partial charge in [0.05, 0.1) is 18.1 Å². The van der Waals surface area contributed by atoms with Crippen molar-refractivity contribution in [2.45, 2.75) is 13.0 Å². The van der Waals surface area contributed by atoms with Gasteiger partial charge in [-0.05, 0) is 23.8 Å². The smallest absolute Gasteiger partial charge is 0.304 e. The van der Waals surface area contributed by atoms with Gasteiger partial charge in [0.1, 0.15) is 5.82 Å². The molecule has 4 nitrogen and oxygen atoms in total. The molecule has 0 saturated carbocycles. The summed E-state index contributed by atoms with van der Waals surface area (Å²) in [6, 6.07) is 5.85. The Kier molecular flexibility index (Phi) is 4.42. The Hall–Kier alpha value is -1.93. The van der Waals surface area contributed by atoms with Gasteiger partial charge in [0, 0.05) is 13.1 Å². The summed E-state index contributed by atoms with van der Waals surface area (Å²) in [6.07, 6.45) is -0.00278. The predicted octanol–water partition coefficient (Wildman–Crippen LogP) is 1.26. The summed E-state index contributed by atoms with van der Waals surface area (Å²) in [4.78, 5) is 10.2. The topological polar surface area (TPSA) is 73.1 Å². The maximum absolute atomic E-state index is 12.9. The van der Waals surface area contributed by atoms with Crippen LogP contribution in [-0.2, 0) is 11.3 Å². The molecule has 0 heterocycles. The molecule has 0 aromatic heterocycles. The first kappa shape index (κ1) is 12.1. The molecular formula is C11H11FN2O2. The summed E-state index contributed by atoms with van der Waals surface area (Å²) in [5.41, 5.74) is 0.928. The van der Waals surface area contributed by atoms with E-state index in [0.29, 0.717) is 11.1 Å². The first-order chi connectivity index (χ1) is 7.63. The van der Waals surface area contributed by atoms with E-state index in [1.165, 1.54) is 18.2 Å². The van der Waals surface area contributed by atoms with Crippen LogP contribution in [0.3, 0.4) is 0 Å². The number of aliphatic carboxylic acids is 1. The van der Waals surface area contributed by atoms with E-state index in [9.17, 15) is 9.18 Å². The van der Waals surface area contributed by atoms with Crippen molar-refractivity contribution < 1.29 is 14.3 Å². The Morgan fingerprint density at radius 2 is 2.31 bits per heavy atom. The molecule has 0 aliphatic rings. The van der Waals surface area contributed by atoms with Gasteiger partial charge in [-0.2, -0.15) is 5.26 Å². The van der Waals surface area contributed by atoms with Crippen molar-refractivity contribution in [3.63, 3.8) is 0 Å². The molecule has 0 amide bonds. The van der Waals surface area contributed by atoms with Crippen LogP contribution in [0.25, 0.3) is 0 Å². The Morgan fingerprint density at radius 1 is 1.56 bits per heavy atom. The lowest BCUT2D eigenvalue weighted by molar-refractivity contribution is -0.136. The van der Waals surface area contributed by atoms with E-state index in [-0.39, 0.29) is 19.5 Å². The Bertz CT molecular complexity index is 426. The Balaban J connectivity index is 2.56. The minimum Gasteiger partial charge on any atom is -0.481 e. The van der Waals surface area contributed by atoms with Crippen molar-refractivity contribution in [2.75, 3.05) is 6.54 Å². The zero-order valence-corrected chi connectivity index (χ0v) is 8.53.